The Hall–Kier alpha value is -3.76. The SMILES string of the molecule is CCCNC(=O)O[C@@H]1CC[C@H](c2cc(NC(=O)COc3cc(OC)cc(O)c3C=NC(C)C)n[nH]2)C1. The van der Waals surface area contributed by atoms with Gasteiger partial charge in [0.05, 0.1) is 12.7 Å². The highest BCUT2D eigenvalue weighted by Gasteiger charge is 2.30. The summed E-state index contributed by atoms with van der Waals surface area (Å²) in [5, 5.41) is 22.9. The molecule has 36 heavy (non-hydrogen) atoms. The second-order valence-corrected chi connectivity index (χ2v) is 8.94. The number of nitrogens with zero attached hydrogens (tertiary/aromatic N) is 2. The van der Waals surface area contributed by atoms with Gasteiger partial charge in [0.25, 0.3) is 5.91 Å². The fourth-order valence-corrected chi connectivity index (χ4v) is 3.86. The van der Waals surface area contributed by atoms with Crippen LogP contribution < -0.4 is 20.1 Å². The Labute approximate surface area is 210 Å². The Morgan fingerprint density at radius 2 is 2.11 bits per heavy atom. The van der Waals surface area contributed by atoms with Gasteiger partial charge in [0.15, 0.2) is 12.4 Å². The van der Waals surface area contributed by atoms with Crippen LogP contribution in [-0.2, 0) is 9.53 Å². The number of benzene rings is 1. The molecule has 0 spiro atoms. The molecular weight excluding hydrogens is 466 g/mol. The van der Waals surface area contributed by atoms with Crippen LogP contribution in [0.1, 0.15) is 63.6 Å². The lowest BCUT2D eigenvalue weighted by atomic mass is 10.0. The number of amides is 2. The van der Waals surface area contributed by atoms with E-state index < -0.39 is 5.91 Å². The quantitative estimate of drug-likeness (QED) is 0.343. The largest absolute Gasteiger partial charge is 0.507 e. The molecule has 11 heteroatoms. The molecule has 2 atom stereocenters. The molecule has 196 valence electrons. The summed E-state index contributed by atoms with van der Waals surface area (Å²) in [7, 11) is 1.47. The van der Waals surface area contributed by atoms with Crippen LogP contribution in [0.4, 0.5) is 10.6 Å². The molecule has 3 rings (SSSR count). The average molecular weight is 502 g/mol. The molecule has 1 heterocycles. The molecule has 2 aromatic rings. The Balaban J connectivity index is 1.55. The minimum atomic E-state index is -0.415. The number of aromatic nitrogens is 2. The lowest BCUT2D eigenvalue weighted by molar-refractivity contribution is -0.118. The van der Waals surface area contributed by atoms with E-state index in [9.17, 15) is 14.7 Å². The lowest BCUT2D eigenvalue weighted by Crippen LogP contribution is -2.28. The smallest absolute Gasteiger partial charge is 0.407 e. The number of phenols is 1. The van der Waals surface area contributed by atoms with Gasteiger partial charge >= 0.3 is 6.09 Å². The molecule has 0 saturated heterocycles. The summed E-state index contributed by atoms with van der Waals surface area (Å²) < 4.78 is 16.3. The Morgan fingerprint density at radius 1 is 1.31 bits per heavy atom. The third-order valence-corrected chi connectivity index (χ3v) is 5.67. The maximum absolute atomic E-state index is 12.5. The van der Waals surface area contributed by atoms with Crippen LogP contribution in [-0.4, -0.2) is 65.9 Å². The number of ether oxygens (including phenoxy) is 3. The summed E-state index contributed by atoms with van der Waals surface area (Å²) in [5.41, 5.74) is 1.23. The van der Waals surface area contributed by atoms with Crippen molar-refractivity contribution >= 4 is 24.0 Å². The van der Waals surface area contributed by atoms with E-state index in [2.05, 4.69) is 25.8 Å². The fraction of sp³-hybridized carbons (Fsp3) is 0.520. The number of nitrogens with one attached hydrogen (secondary N) is 3. The molecule has 1 saturated carbocycles. The Morgan fingerprint density at radius 3 is 2.83 bits per heavy atom. The van der Waals surface area contributed by atoms with Gasteiger partial charge in [0.2, 0.25) is 0 Å². The van der Waals surface area contributed by atoms with Crippen molar-refractivity contribution in [3.63, 3.8) is 0 Å². The van der Waals surface area contributed by atoms with Crippen molar-refractivity contribution in [1.82, 2.24) is 15.5 Å². The first kappa shape index (κ1) is 26.8. The van der Waals surface area contributed by atoms with E-state index in [0.717, 1.165) is 25.0 Å². The van der Waals surface area contributed by atoms with E-state index in [1.54, 1.807) is 12.1 Å². The number of hydrogen-bond acceptors (Lipinski definition) is 8. The average Bonchev–Trinajstić information content (AvgIpc) is 3.49. The number of carbonyl (C=O) groups excluding carboxylic acids is 2. The zero-order valence-corrected chi connectivity index (χ0v) is 21.2. The molecule has 1 aliphatic rings. The van der Waals surface area contributed by atoms with Gasteiger partial charge in [-0.25, -0.2) is 4.79 Å². The van der Waals surface area contributed by atoms with Crippen molar-refractivity contribution in [1.29, 1.82) is 0 Å². The number of carbonyl (C=O) groups is 2. The van der Waals surface area contributed by atoms with Crippen molar-refractivity contribution in [2.75, 3.05) is 25.6 Å². The van der Waals surface area contributed by atoms with Crippen molar-refractivity contribution < 1.29 is 28.9 Å². The number of aromatic hydroxyl groups is 1. The van der Waals surface area contributed by atoms with Gasteiger partial charge in [0.1, 0.15) is 23.4 Å². The zero-order chi connectivity index (χ0) is 26.1. The summed E-state index contributed by atoms with van der Waals surface area (Å²) in [6.07, 6.45) is 4.15. The number of rotatable bonds is 11. The molecule has 0 unspecified atom stereocenters. The normalized spacial score (nSPS) is 17.4. The van der Waals surface area contributed by atoms with E-state index in [1.807, 2.05) is 20.8 Å². The van der Waals surface area contributed by atoms with Gasteiger partial charge in [-0.3, -0.25) is 14.9 Å². The van der Waals surface area contributed by atoms with Crippen LogP contribution in [0.15, 0.2) is 23.2 Å². The maximum atomic E-state index is 12.5. The highest BCUT2D eigenvalue weighted by molar-refractivity contribution is 5.92. The summed E-state index contributed by atoms with van der Waals surface area (Å²) in [4.78, 5) is 28.6. The standard InChI is InChI=1S/C25H35N5O6/c1-5-8-26-25(33)36-17-7-6-16(9-17)20-12-23(30-29-20)28-24(32)14-35-22-11-18(34-4)10-21(31)19(22)13-27-15(2)3/h10-13,15-17,31H,5-9,14H2,1-4H3,(H,26,33)(H2,28,29,30,32)/t16-,17+/m0/s1. The molecule has 0 bridgehead atoms. The number of phenolic OH excluding ortho intramolecular Hbond substituents is 1. The van der Waals surface area contributed by atoms with E-state index in [0.29, 0.717) is 30.1 Å². The first-order valence-corrected chi connectivity index (χ1v) is 12.2. The predicted molar refractivity (Wildman–Crippen MR) is 135 cm³/mol. The van der Waals surface area contributed by atoms with Crippen LogP contribution in [0.5, 0.6) is 17.2 Å². The van der Waals surface area contributed by atoms with E-state index in [-0.39, 0.29) is 42.3 Å². The van der Waals surface area contributed by atoms with Crippen LogP contribution >= 0.6 is 0 Å². The number of anilines is 1. The van der Waals surface area contributed by atoms with Crippen molar-refractivity contribution in [3.05, 3.63) is 29.5 Å². The minimum absolute atomic E-state index is 0.0245. The monoisotopic (exact) mass is 501 g/mol. The molecule has 2 amide bonds. The molecule has 1 fully saturated rings. The third kappa shape index (κ3) is 7.62. The summed E-state index contributed by atoms with van der Waals surface area (Å²) in [6.45, 7) is 6.09. The van der Waals surface area contributed by atoms with Gasteiger partial charge in [-0.05, 0) is 39.5 Å². The van der Waals surface area contributed by atoms with Crippen LogP contribution in [0.2, 0.25) is 0 Å². The second-order valence-electron chi connectivity index (χ2n) is 8.94. The van der Waals surface area contributed by atoms with Crippen LogP contribution in [0, 0.1) is 0 Å². The highest BCUT2D eigenvalue weighted by atomic mass is 16.6. The van der Waals surface area contributed by atoms with Gasteiger partial charge in [-0.1, -0.05) is 6.92 Å². The molecule has 0 radical (unpaired) electrons. The summed E-state index contributed by atoms with van der Waals surface area (Å²) in [6, 6.07) is 4.84. The minimum Gasteiger partial charge on any atom is -0.507 e. The number of methoxy groups -OCH3 is 1. The van der Waals surface area contributed by atoms with Gasteiger partial charge in [-0.2, -0.15) is 5.10 Å². The zero-order valence-electron chi connectivity index (χ0n) is 21.2. The summed E-state index contributed by atoms with van der Waals surface area (Å²) >= 11 is 0. The maximum Gasteiger partial charge on any atom is 0.407 e. The van der Waals surface area contributed by atoms with Crippen molar-refractivity contribution in [3.8, 4) is 17.2 Å². The number of H-pyrrole nitrogens is 1. The van der Waals surface area contributed by atoms with Crippen LogP contribution in [0.3, 0.4) is 0 Å². The van der Waals surface area contributed by atoms with Crippen molar-refractivity contribution in [2.45, 2.75) is 64.5 Å². The second kappa shape index (κ2) is 12.8. The molecule has 11 nitrogen and oxygen atoms in total. The Bertz CT molecular complexity index is 1070. The third-order valence-electron chi connectivity index (χ3n) is 5.67. The number of hydrogen-bond donors (Lipinski definition) is 4. The van der Waals surface area contributed by atoms with E-state index >= 15 is 0 Å². The van der Waals surface area contributed by atoms with Crippen molar-refractivity contribution in [2.24, 2.45) is 4.99 Å². The fourth-order valence-electron chi connectivity index (χ4n) is 3.86. The molecule has 0 aliphatic heterocycles. The molecule has 1 aromatic carbocycles. The lowest BCUT2D eigenvalue weighted by Gasteiger charge is -2.13. The van der Waals surface area contributed by atoms with Gasteiger partial charge < -0.3 is 30.0 Å². The topological polar surface area (TPSA) is 147 Å². The highest BCUT2D eigenvalue weighted by Crippen LogP contribution is 2.36. The number of aromatic amines is 1. The number of alkyl carbamates (subject to hydrolysis) is 1. The Kier molecular flexibility index (Phi) is 9.54. The van der Waals surface area contributed by atoms with Crippen LogP contribution in [0.25, 0.3) is 0 Å². The first-order chi connectivity index (χ1) is 17.3. The predicted octanol–water partition coefficient (Wildman–Crippen LogP) is 3.74. The first-order valence-electron chi connectivity index (χ1n) is 12.2. The van der Waals surface area contributed by atoms with E-state index in [4.69, 9.17) is 14.2 Å². The van der Waals surface area contributed by atoms with Gasteiger partial charge in [-0.15, -0.1) is 0 Å². The van der Waals surface area contributed by atoms with E-state index in [1.165, 1.54) is 19.4 Å². The molecular formula is C25H35N5O6. The summed E-state index contributed by atoms with van der Waals surface area (Å²) in [5.74, 6) is 0.720. The van der Waals surface area contributed by atoms with Gasteiger partial charge in [0, 0.05) is 48.6 Å². The molecule has 1 aromatic heterocycles. The number of aliphatic imine (C=N–C) groups is 1. The molecule has 4 N–H and O–H groups in total. The molecule has 1 aliphatic carbocycles.